The molecule has 0 radical (unpaired) electrons. The molecule has 1 aromatic carbocycles. The molecule has 0 saturated carbocycles. The standard InChI is InChI=1S/C16H19N5O2S/c1-2-23-13-5-3-12(4-6-13)15-19-21-14(17-18-16(21)24-15)11-20-7-9-22-10-8-20/h3-6H,2,7-11H2,1H3. The van der Waals surface area contributed by atoms with Crippen molar-refractivity contribution in [1.29, 1.82) is 0 Å². The van der Waals surface area contributed by atoms with Gasteiger partial charge in [-0.25, -0.2) is 0 Å². The number of nitrogens with zero attached hydrogens (tertiary/aromatic N) is 5. The first kappa shape index (κ1) is 15.5. The van der Waals surface area contributed by atoms with Crippen molar-refractivity contribution >= 4 is 16.3 Å². The van der Waals surface area contributed by atoms with Gasteiger partial charge in [0.05, 0.1) is 26.4 Å². The van der Waals surface area contributed by atoms with E-state index in [0.29, 0.717) is 6.61 Å². The Labute approximate surface area is 143 Å². The van der Waals surface area contributed by atoms with Crippen LogP contribution in [0.3, 0.4) is 0 Å². The minimum Gasteiger partial charge on any atom is -0.494 e. The van der Waals surface area contributed by atoms with Crippen molar-refractivity contribution in [2.75, 3.05) is 32.9 Å². The number of hydrogen-bond donors (Lipinski definition) is 0. The first-order valence-corrected chi connectivity index (χ1v) is 8.89. The van der Waals surface area contributed by atoms with Gasteiger partial charge in [0.15, 0.2) is 5.82 Å². The topological polar surface area (TPSA) is 64.8 Å². The number of ether oxygens (including phenoxy) is 2. The summed E-state index contributed by atoms with van der Waals surface area (Å²) >= 11 is 1.55. The molecule has 3 aromatic rings. The lowest BCUT2D eigenvalue weighted by molar-refractivity contribution is 0.0328. The Morgan fingerprint density at radius 1 is 1.17 bits per heavy atom. The van der Waals surface area contributed by atoms with Crippen molar-refractivity contribution in [2.45, 2.75) is 13.5 Å². The van der Waals surface area contributed by atoms with Gasteiger partial charge in [0.25, 0.3) is 0 Å². The van der Waals surface area contributed by atoms with Crippen molar-refractivity contribution in [2.24, 2.45) is 0 Å². The first-order chi connectivity index (χ1) is 11.8. The van der Waals surface area contributed by atoms with Crippen molar-refractivity contribution in [1.82, 2.24) is 24.7 Å². The van der Waals surface area contributed by atoms with Crippen molar-refractivity contribution in [3.63, 3.8) is 0 Å². The van der Waals surface area contributed by atoms with E-state index < -0.39 is 0 Å². The van der Waals surface area contributed by atoms with Gasteiger partial charge >= 0.3 is 0 Å². The van der Waals surface area contributed by atoms with E-state index in [9.17, 15) is 0 Å². The van der Waals surface area contributed by atoms with Crippen LogP contribution >= 0.6 is 11.3 Å². The van der Waals surface area contributed by atoms with Gasteiger partial charge in [-0.1, -0.05) is 11.3 Å². The highest BCUT2D eigenvalue weighted by Gasteiger charge is 2.17. The minimum absolute atomic E-state index is 0.668. The number of benzene rings is 1. The molecular weight excluding hydrogens is 326 g/mol. The average Bonchev–Trinajstić information content (AvgIpc) is 3.19. The van der Waals surface area contributed by atoms with Crippen LogP contribution in [0.15, 0.2) is 24.3 Å². The second-order valence-corrected chi connectivity index (χ2v) is 6.52. The van der Waals surface area contributed by atoms with Crippen molar-refractivity contribution < 1.29 is 9.47 Å². The van der Waals surface area contributed by atoms with E-state index in [1.54, 1.807) is 11.3 Å². The zero-order chi connectivity index (χ0) is 16.4. The molecule has 0 atom stereocenters. The van der Waals surface area contributed by atoms with E-state index >= 15 is 0 Å². The summed E-state index contributed by atoms with van der Waals surface area (Å²) in [7, 11) is 0. The van der Waals surface area contributed by atoms with Gasteiger partial charge in [-0.3, -0.25) is 4.90 Å². The molecule has 1 aliphatic rings. The molecule has 126 valence electrons. The summed E-state index contributed by atoms with van der Waals surface area (Å²) in [6.07, 6.45) is 0. The van der Waals surface area contributed by atoms with Crippen LogP contribution in [0.4, 0.5) is 0 Å². The molecule has 1 aliphatic heterocycles. The molecule has 8 heteroatoms. The Morgan fingerprint density at radius 2 is 1.96 bits per heavy atom. The van der Waals surface area contributed by atoms with Gasteiger partial charge in [0.1, 0.15) is 10.8 Å². The van der Waals surface area contributed by atoms with E-state index in [1.165, 1.54) is 0 Å². The molecule has 0 aliphatic carbocycles. The summed E-state index contributed by atoms with van der Waals surface area (Å²) in [6.45, 7) is 6.78. The largest absolute Gasteiger partial charge is 0.494 e. The maximum atomic E-state index is 5.48. The highest BCUT2D eigenvalue weighted by atomic mass is 32.1. The summed E-state index contributed by atoms with van der Waals surface area (Å²) in [4.78, 5) is 3.14. The molecule has 2 aromatic heterocycles. The lowest BCUT2D eigenvalue weighted by atomic mass is 10.2. The molecule has 0 bridgehead atoms. The van der Waals surface area contributed by atoms with Crippen LogP contribution in [0.5, 0.6) is 5.75 Å². The third-order valence-electron chi connectivity index (χ3n) is 3.94. The molecule has 1 saturated heterocycles. The van der Waals surface area contributed by atoms with Crippen LogP contribution in [0.25, 0.3) is 15.5 Å². The van der Waals surface area contributed by atoms with E-state index in [1.807, 2.05) is 35.7 Å². The van der Waals surface area contributed by atoms with Crippen LogP contribution in [-0.4, -0.2) is 57.6 Å². The fourth-order valence-corrected chi connectivity index (χ4v) is 3.56. The number of fused-ring (bicyclic) bond motifs is 1. The summed E-state index contributed by atoms with van der Waals surface area (Å²) in [5.41, 5.74) is 1.06. The Hall–Kier alpha value is -2.03. The molecule has 7 nitrogen and oxygen atoms in total. The normalized spacial score (nSPS) is 15.9. The van der Waals surface area contributed by atoms with E-state index in [0.717, 1.165) is 60.0 Å². The van der Waals surface area contributed by atoms with E-state index in [2.05, 4.69) is 15.1 Å². The molecule has 0 spiro atoms. The molecule has 1 fully saturated rings. The quantitative estimate of drug-likeness (QED) is 0.705. The van der Waals surface area contributed by atoms with E-state index in [4.69, 9.17) is 14.6 Å². The lowest BCUT2D eigenvalue weighted by Crippen LogP contribution is -2.36. The Balaban J connectivity index is 1.56. The van der Waals surface area contributed by atoms with Crippen LogP contribution in [0.2, 0.25) is 0 Å². The number of rotatable bonds is 5. The maximum absolute atomic E-state index is 5.48. The summed E-state index contributed by atoms with van der Waals surface area (Å²) < 4.78 is 12.7. The van der Waals surface area contributed by atoms with Gasteiger partial charge in [0.2, 0.25) is 4.96 Å². The molecular formula is C16H19N5O2S. The monoisotopic (exact) mass is 345 g/mol. The van der Waals surface area contributed by atoms with Gasteiger partial charge in [-0.05, 0) is 31.2 Å². The zero-order valence-electron chi connectivity index (χ0n) is 13.5. The molecule has 3 heterocycles. The predicted octanol–water partition coefficient (Wildman–Crippen LogP) is 2.08. The van der Waals surface area contributed by atoms with Gasteiger partial charge in [-0.2, -0.15) is 9.61 Å². The predicted molar refractivity (Wildman–Crippen MR) is 91.4 cm³/mol. The highest BCUT2D eigenvalue weighted by Crippen LogP contribution is 2.27. The fraction of sp³-hybridized carbons (Fsp3) is 0.438. The third-order valence-corrected chi connectivity index (χ3v) is 4.88. The summed E-state index contributed by atoms with van der Waals surface area (Å²) in [5.74, 6) is 1.75. The molecule has 0 N–H and O–H groups in total. The van der Waals surface area contributed by atoms with Crippen molar-refractivity contribution in [3.8, 4) is 16.3 Å². The van der Waals surface area contributed by atoms with Crippen LogP contribution in [0, 0.1) is 0 Å². The minimum atomic E-state index is 0.668. The number of aromatic nitrogens is 4. The van der Waals surface area contributed by atoms with Gasteiger partial charge in [0, 0.05) is 18.7 Å². The molecule has 24 heavy (non-hydrogen) atoms. The van der Waals surface area contributed by atoms with Crippen LogP contribution in [-0.2, 0) is 11.3 Å². The smallest absolute Gasteiger partial charge is 0.235 e. The number of hydrogen-bond acceptors (Lipinski definition) is 7. The van der Waals surface area contributed by atoms with Gasteiger partial charge in [-0.15, -0.1) is 10.2 Å². The molecule has 4 rings (SSSR count). The van der Waals surface area contributed by atoms with Crippen LogP contribution < -0.4 is 4.74 Å². The second-order valence-electron chi connectivity index (χ2n) is 5.56. The molecule has 0 amide bonds. The van der Waals surface area contributed by atoms with Gasteiger partial charge < -0.3 is 9.47 Å². The zero-order valence-corrected chi connectivity index (χ0v) is 14.3. The number of morpholine rings is 1. The van der Waals surface area contributed by atoms with Crippen LogP contribution in [0.1, 0.15) is 12.7 Å². The summed E-state index contributed by atoms with van der Waals surface area (Å²) in [5, 5.41) is 14.2. The Bertz CT molecular complexity index is 808. The first-order valence-electron chi connectivity index (χ1n) is 8.08. The Kier molecular flexibility index (Phi) is 4.42. The third kappa shape index (κ3) is 3.12. The average molecular weight is 345 g/mol. The SMILES string of the molecule is CCOc1ccc(-c2nn3c(CN4CCOCC4)nnc3s2)cc1. The second kappa shape index (κ2) is 6.84. The Morgan fingerprint density at radius 3 is 2.71 bits per heavy atom. The molecule has 0 unspecified atom stereocenters. The fourth-order valence-electron chi connectivity index (χ4n) is 2.69. The highest BCUT2D eigenvalue weighted by molar-refractivity contribution is 7.19. The summed E-state index contributed by atoms with van der Waals surface area (Å²) in [6, 6.07) is 7.99. The van der Waals surface area contributed by atoms with E-state index in [-0.39, 0.29) is 0 Å². The van der Waals surface area contributed by atoms with Crippen molar-refractivity contribution in [3.05, 3.63) is 30.1 Å². The lowest BCUT2D eigenvalue weighted by Gasteiger charge is -2.25. The maximum Gasteiger partial charge on any atom is 0.235 e.